The minimum absolute atomic E-state index is 0.0781. The number of carbonyl (C=O) groups excluding carboxylic acids is 1. The van der Waals surface area contributed by atoms with E-state index in [1.165, 1.54) is 32.8 Å². The molecule has 0 N–H and O–H groups in total. The molecule has 0 unspecified atom stereocenters. The van der Waals surface area contributed by atoms with Crippen molar-refractivity contribution in [3.8, 4) is 0 Å². The summed E-state index contributed by atoms with van der Waals surface area (Å²) in [5, 5.41) is 0. The molecular formula is C17H26N2O3S. The van der Waals surface area contributed by atoms with E-state index in [1.54, 1.807) is 4.90 Å². The first kappa shape index (κ1) is 17.9. The Morgan fingerprint density at radius 2 is 1.48 bits per heavy atom. The average Bonchev–Trinajstić information content (AvgIpc) is 2.48. The molecule has 0 bridgehead atoms. The van der Waals surface area contributed by atoms with Gasteiger partial charge in [0.25, 0.3) is 0 Å². The van der Waals surface area contributed by atoms with Crippen LogP contribution >= 0.6 is 0 Å². The maximum absolute atomic E-state index is 12.6. The first-order valence-electron chi connectivity index (χ1n) is 7.90. The highest BCUT2D eigenvalue weighted by Crippen LogP contribution is 2.23. The largest absolute Gasteiger partial charge is 0.340 e. The zero-order valence-corrected chi connectivity index (χ0v) is 15.5. The van der Waals surface area contributed by atoms with E-state index >= 15 is 0 Å². The van der Waals surface area contributed by atoms with E-state index in [1.807, 2.05) is 0 Å². The van der Waals surface area contributed by atoms with Crippen LogP contribution < -0.4 is 0 Å². The molecule has 1 heterocycles. The zero-order valence-electron chi connectivity index (χ0n) is 14.6. The summed E-state index contributed by atoms with van der Waals surface area (Å²) in [6.07, 6.45) is 1.60. The van der Waals surface area contributed by atoms with Gasteiger partial charge in [-0.3, -0.25) is 4.79 Å². The average molecular weight is 338 g/mol. The van der Waals surface area contributed by atoms with Crippen molar-refractivity contribution < 1.29 is 13.2 Å². The van der Waals surface area contributed by atoms with Gasteiger partial charge in [0, 0.05) is 26.2 Å². The van der Waals surface area contributed by atoms with E-state index < -0.39 is 10.0 Å². The Hall–Kier alpha value is -1.40. The first-order chi connectivity index (χ1) is 10.6. The smallest absolute Gasteiger partial charge is 0.227 e. The Labute approximate surface area is 139 Å². The highest BCUT2D eigenvalue weighted by Gasteiger charge is 2.26. The quantitative estimate of drug-likeness (QED) is 0.840. The summed E-state index contributed by atoms with van der Waals surface area (Å²) in [7, 11) is -3.16. The lowest BCUT2D eigenvalue weighted by Crippen LogP contribution is -2.50. The second-order valence-electron chi connectivity index (χ2n) is 6.46. The fourth-order valence-corrected chi connectivity index (χ4v) is 3.92. The molecule has 6 heteroatoms. The summed E-state index contributed by atoms with van der Waals surface area (Å²) in [5.41, 5.74) is 5.88. The van der Waals surface area contributed by atoms with Crippen LogP contribution in [0.4, 0.5) is 0 Å². The number of carbonyl (C=O) groups is 1. The van der Waals surface area contributed by atoms with E-state index in [2.05, 4.69) is 33.8 Å². The van der Waals surface area contributed by atoms with Gasteiger partial charge in [0.1, 0.15) is 0 Å². The van der Waals surface area contributed by atoms with Crippen LogP contribution in [0.1, 0.15) is 27.8 Å². The molecule has 0 spiro atoms. The molecule has 128 valence electrons. The number of aryl methyl sites for hydroxylation is 2. The zero-order chi connectivity index (χ0) is 17.4. The van der Waals surface area contributed by atoms with Crippen molar-refractivity contribution in [2.45, 2.75) is 34.1 Å². The molecule has 23 heavy (non-hydrogen) atoms. The second-order valence-corrected chi connectivity index (χ2v) is 8.44. The van der Waals surface area contributed by atoms with Crippen LogP contribution in [0.15, 0.2) is 6.07 Å². The Kier molecular flexibility index (Phi) is 5.16. The predicted molar refractivity (Wildman–Crippen MR) is 92.1 cm³/mol. The van der Waals surface area contributed by atoms with Crippen molar-refractivity contribution in [3.63, 3.8) is 0 Å². The maximum atomic E-state index is 12.6. The van der Waals surface area contributed by atoms with Crippen LogP contribution in [0, 0.1) is 27.7 Å². The number of benzene rings is 1. The molecule has 0 atom stereocenters. The Morgan fingerprint density at radius 1 is 1.00 bits per heavy atom. The molecule has 1 aliphatic heterocycles. The molecule has 1 fully saturated rings. The molecular weight excluding hydrogens is 312 g/mol. The van der Waals surface area contributed by atoms with Crippen molar-refractivity contribution in [1.82, 2.24) is 9.21 Å². The Morgan fingerprint density at radius 3 is 1.91 bits per heavy atom. The predicted octanol–water partition coefficient (Wildman–Crippen LogP) is 1.57. The fourth-order valence-electron chi connectivity index (χ4n) is 3.10. The summed E-state index contributed by atoms with van der Waals surface area (Å²) >= 11 is 0. The van der Waals surface area contributed by atoms with E-state index in [0.717, 1.165) is 5.56 Å². The van der Waals surface area contributed by atoms with E-state index in [9.17, 15) is 13.2 Å². The molecule has 1 aliphatic rings. The third kappa shape index (κ3) is 3.93. The minimum Gasteiger partial charge on any atom is -0.340 e. The molecule has 0 aromatic heterocycles. The third-order valence-corrected chi connectivity index (χ3v) is 6.21. The summed E-state index contributed by atoms with van der Waals surface area (Å²) in [4.78, 5) is 14.4. The van der Waals surface area contributed by atoms with Crippen molar-refractivity contribution in [3.05, 3.63) is 33.9 Å². The molecule has 1 aromatic rings. The van der Waals surface area contributed by atoms with Gasteiger partial charge in [-0.15, -0.1) is 0 Å². The van der Waals surface area contributed by atoms with Gasteiger partial charge in [-0.1, -0.05) is 6.07 Å². The van der Waals surface area contributed by atoms with Crippen molar-refractivity contribution in [2.75, 3.05) is 32.4 Å². The summed E-state index contributed by atoms with van der Waals surface area (Å²) < 4.78 is 24.5. The van der Waals surface area contributed by atoms with Crippen molar-refractivity contribution in [1.29, 1.82) is 0 Å². The molecule has 0 saturated carbocycles. The molecule has 1 saturated heterocycles. The van der Waals surface area contributed by atoms with Crippen LogP contribution in [-0.2, 0) is 21.2 Å². The monoisotopic (exact) mass is 338 g/mol. The number of amides is 1. The molecule has 0 radical (unpaired) electrons. The minimum atomic E-state index is -3.16. The lowest BCUT2D eigenvalue weighted by molar-refractivity contribution is -0.131. The standard InChI is InChI=1S/C17H26N2O3S/c1-12-10-13(2)15(4)16(14(12)3)11-17(20)18-6-8-19(9-7-18)23(5,21)22/h10H,6-9,11H2,1-5H3. The summed E-state index contributed by atoms with van der Waals surface area (Å²) in [6.45, 7) is 9.97. The molecule has 5 nitrogen and oxygen atoms in total. The Balaban J connectivity index is 2.10. The van der Waals surface area contributed by atoms with Gasteiger partial charge in [0.2, 0.25) is 15.9 Å². The summed E-state index contributed by atoms with van der Waals surface area (Å²) in [6, 6.07) is 2.16. The lowest BCUT2D eigenvalue weighted by Gasteiger charge is -2.33. The lowest BCUT2D eigenvalue weighted by atomic mass is 9.92. The first-order valence-corrected chi connectivity index (χ1v) is 9.75. The highest BCUT2D eigenvalue weighted by atomic mass is 32.2. The number of hydrogen-bond donors (Lipinski definition) is 0. The van der Waals surface area contributed by atoms with E-state index in [-0.39, 0.29) is 5.91 Å². The van der Waals surface area contributed by atoms with E-state index in [4.69, 9.17) is 0 Å². The van der Waals surface area contributed by atoms with Gasteiger partial charge in [-0.25, -0.2) is 8.42 Å². The van der Waals surface area contributed by atoms with Gasteiger partial charge >= 0.3 is 0 Å². The topological polar surface area (TPSA) is 57.7 Å². The van der Waals surface area contributed by atoms with Gasteiger partial charge in [-0.05, 0) is 55.5 Å². The second kappa shape index (κ2) is 6.61. The number of hydrogen-bond acceptors (Lipinski definition) is 3. The van der Waals surface area contributed by atoms with Crippen LogP contribution in [0.25, 0.3) is 0 Å². The van der Waals surface area contributed by atoms with Crippen LogP contribution in [0.5, 0.6) is 0 Å². The third-order valence-electron chi connectivity index (χ3n) is 4.91. The van der Waals surface area contributed by atoms with Crippen LogP contribution in [-0.4, -0.2) is 56.0 Å². The molecule has 1 aromatic carbocycles. The highest BCUT2D eigenvalue weighted by molar-refractivity contribution is 7.88. The molecule has 0 aliphatic carbocycles. The van der Waals surface area contributed by atoms with Gasteiger partial charge in [-0.2, -0.15) is 4.31 Å². The van der Waals surface area contributed by atoms with Gasteiger partial charge in [0.05, 0.1) is 12.7 Å². The molecule has 1 amide bonds. The van der Waals surface area contributed by atoms with Gasteiger partial charge < -0.3 is 4.90 Å². The van der Waals surface area contributed by atoms with Gasteiger partial charge in [0.15, 0.2) is 0 Å². The normalized spacial score (nSPS) is 16.7. The van der Waals surface area contributed by atoms with Crippen molar-refractivity contribution >= 4 is 15.9 Å². The van der Waals surface area contributed by atoms with E-state index in [0.29, 0.717) is 32.6 Å². The number of rotatable bonds is 3. The maximum Gasteiger partial charge on any atom is 0.227 e. The summed E-state index contributed by atoms with van der Waals surface area (Å²) in [5.74, 6) is 0.0781. The van der Waals surface area contributed by atoms with Crippen LogP contribution in [0.2, 0.25) is 0 Å². The Bertz CT molecular complexity index is 692. The van der Waals surface area contributed by atoms with Crippen LogP contribution in [0.3, 0.4) is 0 Å². The molecule has 2 rings (SSSR count). The number of nitrogens with zero attached hydrogens (tertiary/aromatic N) is 2. The number of sulfonamides is 1. The fraction of sp³-hybridized carbons (Fsp3) is 0.588. The number of piperazine rings is 1. The van der Waals surface area contributed by atoms with Crippen molar-refractivity contribution in [2.24, 2.45) is 0 Å². The SMILES string of the molecule is Cc1cc(C)c(C)c(CC(=O)N2CCN(S(C)(=O)=O)CC2)c1C.